The van der Waals surface area contributed by atoms with Crippen LogP contribution in [0.25, 0.3) is 0 Å². The van der Waals surface area contributed by atoms with Gasteiger partial charge < -0.3 is 14.8 Å². The maximum Gasteiger partial charge on any atom is 0.259 e. The summed E-state index contributed by atoms with van der Waals surface area (Å²) in [6, 6.07) is 5.19. The molecule has 1 rings (SSSR count). The van der Waals surface area contributed by atoms with Crippen molar-refractivity contribution < 1.29 is 14.3 Å². The molecule has 0 aliphatic rings. The number of rotatable bonds is 5. The summed E-state index contributed by atoms with van der Waals surface area (Å²) < 4.78 is 10.4. The van der Waals surface area contributed by atoms with Crippen LogP contribution in [0, 0.1) is 0 Å². The van der Waals surface area contributed by atoms with Crippen LogP contribution in [-0.4, -0.2) is 31.5 Å². The smallest absolute Gasteiger partial charge is 0.259 e. The minimum atomic E-state index is -0.496. The van der Waals surface area contributed by atoms with E-state index < -0.39 is 5.54 Å². The van der Waals surface area contributed by atoms with E-state index in [0.717, 1.165) is 0 Å². The third-order valence-electron chi connectivity index (χ3n) is 2.44. The fourth-order valence-electron chi connectivity index (χ4n) is 1.48. The van der Waals surface area contributed by atoms with Crippen LogP contribution in [0.3, 0.4) is 0 Å². The van der Waals surface area contributed by atoms with Crippen LogP contribution in [0.4, 0.5) is 0 Å². The first kappa shape index (κ1) is 14.6. The Bertz CT molecular complexity index is 410. The van der Waals surface area contributed by atoms with E-state index in [2.05, 4.69) is 5.32 Å². The number of hydrogen-bond acceptors (Lipinski definition) is 3. The Morgan fingerprint density at radius 2 is 1.78 bits per heavy atom. The van der Waals surface area contributed by atoms with Crippen molar-refractivity contribution >= 4 is 17.5 Å². The van der Waals surface area contributed by atoms with Gasteiger partial charge in [0.25, 0.3) is 5.91 Å². The lowest BCUT2D eigenvalue weighted by Crippen LogP contribution is -2.45. The van der Waals surface area contributed by atoms with Gasteiger partial charge in [0.05, 0.1) is 14.2 Å². The van der Waals surface area contributed by atoms with Crippen molar-refractivity contribution in [2.45, 2.75) is 19.4 Å². The molecule has 18 heavy (non-hydrogen) atoms. The molecule has 0 heterocycles. The Morgan fingerprint density at radius 1 is 1.28 bits per heavy atom. The Hall–Kier alpha value is -1.42. The van der Waals surface area contributed by atoms with Gasteiger partial charge in [0, 0.05) is 11.4 Å². The second kappa shape index (κ2) is 5.96. The van der Waals surface area contributed by atoms with Crippen molar-refractivity contribution in [1.29, 1.82) is 0 Å². The molecule has 5 heteroatoms. The zero-order valence-electron chi connectivity index (χ0n) is 11.0. The van der Waals surface area contributed by atoms with Crippen LogP contribution in [0.2, 0.25) is 0 Å². The molecule has 0 radical (unpaired) electrons. The number of ether oxygens (including phenoxy) is 2. The predicted octanol–water partition coefficient (Wildman–Crippen LogP) is 2.45. The Morgan fingerprint density at radius 3 is 2.17 bits per heavy atom. The summed E-state index contributed by atoms with van der Waals surface area (Å²) in [5, 5.41) is 2.84. The number of hydrogen-bond donors (Lipinski definition) is 1. The van der Waals surface area contributed by atoms with Crippen molar-refractivity contribution in [1.82, 2.24) is 5.32 Å². The Labute approximate surface area is 112 Å². The summed E-state index contributed by atoms with van der Waals surface area (Å²) in [4.78, 5) is 12.2. The summed E-state index contributed by atoms with van der Waals surface area (Å²) in [6.45, 7) is 3.69. The molecule has 0 aliphatic carbocycles. The topological polar surface area (TPSA) is 47.6 Å². The van der Waals surface area contributed by atoms with Crippen molar-refractivity contribution in [2.24, 2.45) is 0 Å². The number of halogens is 1. The summed E-state index contributed by atoms with van der Waals surface area (Å²) >= 11 is 5.79. The summed E-state index contributed by atoms with van der Waals surface area (Å²) in [5.74, 6) is 0.986. The molecule has 0 aliphatic heterocycles. The molecule has 100 valence electrons. The van der Waals surface area contributed by atoms with Gasteiger partial charge in [-0.15, -0.1) is 11.6 Å². The number of amides is 1. The lowest BCUT2D eigenvalue weighted by Gasteiger charge is -2.24. The van der Waals surface area contributed by atoms with Gasteiger partial charge in [0.15, 0.2) is 0 Å². The van der Waals surface area contributed by atoms with E-state index in [-0.39, 0.29) is 5.91 Å². The fraction of sp³-hybridized carbons (Fsp3) is 0.462. The molecule has 0 atom stereocenters. The minimum absolute atomic E-state index is 0.269. The molecule has 1 amide bonds. The van der Waals surface area contributed by atoms with Gasteiger partial charge in [0.2, 0.25) is 0 Å². The molecule has 1 aromatic carbocycles. The molecule has 0 unspecified atom stereocenters. The molecule has 1 aromatic rings. The second-order valence-corrected chi connectivity index (χ2v) is 4.78. The van der Waals surface area contributed by atoms with Crippen molar-refractivity contribution in [3.05, 3.63) is 23.8 Å². The third kappa shape index (κ3) is 3.29. The standard InChI is InChI=1S/C13H18ClNO3/c1-13(2,8-14)15-12(16)11-9(17-3)6-5-7-10(11)18-4/h5-7H,8H2,1-4H3,(H,15,16). The first-order valence-electron chi connectivity index (χ1n) is 5.54. The van der Waals surface area contributed by atoms with Crippen LogP contribution in [-0.2, 0) is 0 Å². The summed E-state index contributed by atoms with van der Waals surface area (Å²) in [7, 11) is 3.02. The van der Waals surface area contributed by atoms with E-state index in [1.807, 2.05) is 13.8 Å². The highest BCUT2D eigenvalue weighted by molar-refractivity contribution is 6.18. The first-order valence-corrected chi connectivity index (χ1v) is 6.08. The van der Waals surface area contributed by atoms with Crippen molar-refractivity contribution in [3.8, 4) is 11.5 Å². The normalized spacial score (nSPS) is 10.9. The van der Waals surface area contributed by atoms with Crippen LogP contribution in [0.1, 0.15) is 24.2 Å². The number of carbonyl (C=O) groups is 1. The first-order chi connectivity index (χ1) is 8.45. The average molecular weight is 272 g/mol. The van der Waals surface area contributed by atoms with Crippen molar-refractivity contribution in [2.75, 3.05) is 20.1 Å². The zero-order valence-corrected chi connectivity index (χ0v) is 11.8. The number of benzene rings is 1. The predicted molar refractivity (Wildman–Crippen MR) is 71.8 cm³/mol. The average Bonchev–Trinajstić information content (AvgIpc) is 2.37. The highest BCUT2D eigenvalue weighted by Gasteiger charge is 2.24. The van der Waals surface area contributed by atoms with E-state index in [1.165, 1.54) is 14.2 Å². The molecule has 4 nitrogen and oxygen atoms in total. The Balaban J connectivity index is 3.11. The van der Waals surface area contributed by atoms with Gasteiger partial charge in [0.1, 0.15) is 17.1 Å². The van der Waals surface area contributed by atoms with Crippen LogP contribution in [0.5, 0.6) is 11.5 Å². The molecule has 0 spiro atoms. The molecule has 0 bridgehead atoms. The highest BCUT2D eigenvalue weighted by atomic mass is 35.5. The zero-order chi connectivity index (χ0) is 13.8. The van der Waals surface area contributed by atoms with E-state index in [9.17, 15) is 4.79 Å². The van der Waals surface area contributed by atoms with Crippen LogP contribution in [0.15, 0.2) is 18.2 Å². The van der Waals surface area contributed by atoms with E-state index in [1.54, 1.807) is 18.2 Å². The molecular formula is C13H18ClNO3. The third-order valence-corrected chi connectivity index (χ3v) is 3.11. The van der Waals surface area contributed by atoms with Gasteiger partial charge in [-0.25, -0.2) is 0 Å². The maximum atomic E-state index is 12.2. The molecule has 0 fully saturated rings. The van der Waals surface area contributed by atoms with Gasteiger partial charge in [-0.1, -0.05) is 6.07 Å². The quantitative estimate of drug-likeness (QED) is 0.837. The highest BCUT2D eigenvalue weighted by Crippen LogP contribution is 2.28. The van der Waals surface area contributed by atoms with Crippen molar-refractivity contribution in [3.63, 3.8) is 0 Å². The molecule has 1 N–H and O–H groups in total. The molecule has 0 aromatic heterocycles. The van der Waals surface area contributed by atoms with E-state index in [0.29, 0.717) is 22.9 Å². The van der Waals surface area contributed by atoms with Gasteiger partial charge in [-0.05, 0) is 26.0 Å². The number of carbonyl (C=O) groups excluding carboxylic acids is 1. The minimum Gasteiger partial charge on any atom is -0.496 e. The van der Waals surface area contributed by atoms with Crippen LogP contribution >= 0.6 is 11.6 Å². The molecular weight excluding hydrogens is 254 g/mol. The summed E-state index contributed by atoms with van der Waals surface area (Å²) in [5.41, 5.74) is -0.120. The maximum absolute atomic E-state index is 12.2. The number of methoxy groups -OCH3 is 2. The van der Waals surface area contributed by atoms with Crippen LogP contribution < -0.4 is 14.8 Å². The largest absolute Gasteiger partial charge is 0.496 e. The molecule has 0 saturated carbocycles. The van der Waals surface area contributed by atoms with E-state index in [4.69, 9.17) is 21.1 Å². The lowest BCUT2D eigenvalue weighted by atomic mass is 10.1. The Kier molecular flexibility index (Phi) is 4.84. The molecule has 0 saturated heterocycles. The fourth-order valence-corrected chi connectivity index (χ4v) is 1.55. The van der Waals surface area contributed by atoms with Gasteiger partial charge in [-0.3, -0.25) is 4.79 Å². The van der Waals surface area contributed by atoms with Gasteiger partial charge >= 0.3 is 0 Å². The SMILES string of the molecule is COc1cccc(OC)c1C(=O)NC(C)(C)CCl. The number of nitrogens with one attached hydrogen (secondary N) is 1. The van der Waals surface area contributed by atoms with Gasteiger partial charge in [-0.2, -0.15) is 0 Å². The number of alkyl halides is 1. The van der Waals surface area contributed by atoms with E-state index >= 15 is 0 Å². The monoisotopic (exact) mass is 271 g/mol. The summed E-state index contributed by atoms with van der Waals surface area (Å²) in [6.07, 6.45) is 0. The second-order valence-electron chi connectivity index (χ2n) is 4.51. The lowest BCUT2D eigenvalue weighted by molar-refractivity contribution is 0.0914.